The average Bonchev–Trinajstić information content (AvgIpc) is 2.94. The Bertz CT molecular complexity index is 770. The molecule has 0 aliphatic heterocycles. The zero-order valence-electron chi connectivity index (χ0n) is 16.1. The van der Waals surface area contributed by atoms with Crippen LogP contribution in [0.1, 0.15) is 45.6 Å². The molecular weight excluding hydrogens is 475 g/mol. The maximum atomic E-state index is 13.1. The van der Waals surface area contributed by atoms with E-state index in [1.54, 1.807) is 45.0 Å². The third-order valence-corrected chi connectivity index (χ3v) is 5.97. The van der Waals surface area contributed by atoms with Crippen molar-refractivity contribution in [3.05, 3.63) is 35.9 Å². The van der Waals surface area contributed by atoms with E-state index >= 15 is 0 Å². The second-order valence-corrected chi connectivity index (χ2v) is 9.21. The molecule has 1 saturated carbocycles. The lowest BCUT2D eigenvalue weighted by Gasteiger charge is -2.33. The summed E-state index contributed by atoms with van der Waals surface area (Å²) in [5, 5.41) is 14.3. The van der Waals surface area contributed by atoms with E-state index in [1.807, 2.05) is 0 Å². The van der Waals surface area contributed by atoms with Crippen molar-refractivity contribution in [1.82, 2.24) is 5.32 Å². The highest BCUT2D eigenvalue weighted by Gasteiger charge is 2.49. The van der Waals surface area contributed by atoms with Crippen LogP contribution >= 0.6 is 22.6 Å². The minimum Gasteiger partial charge on any atom is -0.478 e. The average molecular weight is 500 g/mol. The van der Waals surface area contributed by atoms with Crippen molar-refractivity contribution in [2.75, 3.05) is 5.32 Å². The van der Waals surface area contributed by atoms with Crippen LogP contribution in [0.5, 0.6) is 0 Å². The number of aliphatic carboxylic acids is 1. The smallest absolute Gasteiger partial charge is 0.408 e. The van der Waals surface area contributed by atoms with Gasteiger partial charge in [-0.1, -0.05) is 34.7 Å². The summed E-state index contributed by atoms with van der Waals surface area (Å²) in [7, 11) is 0. The van der Waals surface area contributed by atoms with Gasteiger partial charge in [-0.15, -0.1) is 0 Å². The van der Waals surface area contributed by atoms with Gasteiger partial charge in [0.2, 0.25) is 0 Å². The van der Waals surface area contributed by atoms with Crippen LogP contribution in [-0.2, 0) is 14.3 Å². The third-order valence-electron chi connectivity index (χ3n) is 4.28. The molecule has 0 spiro atoms. The monoisotopic (exact) mass is 500 g/mol. The predicted molar refractivity (Wildman–Crippen MR) is 116 cm³/mol. The Morgan fingerprint density at radius 1 is 1.25 bits per heavy atom. The van der Waals surface area contributed by atoms with Gasteiger partial charge < -0.3 is 20.5 Å². The molecular formula is C20H25IN2O5. The van der Waals surface area contributed by atoms with Gasteiger partial charge >= 0.3 is 12.1 Å². The molecule has 0 aromatic heterocycles. The van der Waals surface area contributed by atoms with Gasteiger partial charge in [0.1, 0.15) is 11.1 Å². The Morgan fingerprint density at radius 3 is 2.39 bits per heavy atom. The first-order valence-electron chi connectivity index (χ1n) is 8.99. The Morgan fingerprint density at radius 2 is 1.89 bits per heavy atom. The number of halogens is 1. The molecule has 152 valence electrons. The molecule has 2 amide bonds. The molecule has 0 saturated heterocycles. The van der Waals surface area contributed by atoms with Crippen molar-refractivity contribution < 1.29 is 24.2 Å². The van der Waals surface area contributed by atoms with E-state index in [4.69, 9.17) is 9.84 Å². The fourth-order valence-corrected chi connectivity index (χ4v) is 4.18. The molecule has 3 N–H and O–H groups in total. The first-order valence-corrected chi connectivity index (χ1v) is 10.2. The van der Waals surface area contributed by atoms with Gasteiger partial charge in [-0.2, -0.15) is 0 Å². The lowest BCUT2D eigenvalue weighted by molar-refractivity contribution is -0.131. The summed E-state index contributed by atoms with van der Waals surface area (Å²) >= 11 is 2.20. The number of rotatable bonds is 5. The van der Waals surface area contributed by atoms with E-state index in [-0.39, 0.29) is 9.83 Å². The van der Waals surface area contributed by atoms with Crippen LogP contribution in [0.4, 0.5) is 10.5 Å². The maximum Gasteiger partial charge on any atom is 0.408 e. The molecule has 0 bridgehead atoms. The van der Waals surface area contributed by atoms with Crippen LogP contribution in [0.15, 0.2) is 30.3 Å². The molecule has 1 fully saturated rings. The van der Waals surface area contributed by atoms with E-state index in [1.165, 1.54) is 6.08 Å². The first kappa shape index (κ1) is 22.2. The van der Waals surface area contributed by atoms with E-state index < -0.39 is 23.2 Å². The Kier molecular flexibility index (Phi) is 7.08. The number of nitrogens with one attached hydrogen (secondary N) is 2. The number of carboxylic acid groups (broad SMARTS) is 1. The van der Waals surface area contributed by atoms with Gasteiger partial charge in [0.25, 0.3) is 5.91 Å². The molecule has 0 radical (unpaired) electrons. The zero-order valence-corrected chi connectivity index (χ0v) is 18.3. The Balaban J connectivity index is 2.13. The number of anilines is 1. The van der Waals surface area contributed by atoms with Crippen molar-refractivity contribution >= 4 is 52.3 Å². The standard InChI is InChI=1S/C20H25IN2O5/c1-19(2,3)28-18(27)23-20(12-4-5-15(20)21)17(26)22-14-9-6-13(7-10-14)8-11-16(24)25/h6-11,15H,4-5,12H2,1-3H3,(H,22,26)(H,23,27)(H,24,25). The maximum absolute atomic E-state index is 13.1. The molecule has 7 nitrogen and oxygen atoms in total. The number of amides is 2. The Hall–Kier alpha value is -2.10. The highest BCUT2D eigenvalue weighted by molar-refractivity contribution is 14.1. The van der Waals surface area contributed by atoms with Gasteiger partial charge in [0.05, 0.1) is 0 Å². The molecule has 28 heavy (non-hydrogen) atoms. The van der Waals surface area contributed by atoms with Gasteiger partial charge in [0, 0.05) is 15.7 Å². The van der Waals surface area contributed by atoms with E-state index in [2.05, 4.69) is 33.2 Å². The SMILES string of the molecule is CC(C)(C)OC(=O)NC1(C(=O)Nc2ccc(C=CC(=O)O)cc2)CCCC1I. The molecule has 8 heteroatoms. The van der Waals surface area contributed by atoms with E-state index in [0.717, 1.165) is 18.9 Å². The van der Waals surface area contributed by atoms with Crippen LogP contribution in [0.25, 0.3) is 6.08 Å². The van der Waals surface area contributed by atoms with Crippen LogP contribution in [0.2, 0.25) is 0 Å². The van der Waals surface area contributed by atoms with Crippen LogP contribution in [0, 0.1) is 0 Å². The van der Waals surface area contributed by atoms with E-state index in [0.29, 0.717) is 17.7 Å². The fourth-order valence-electron chi connectivity index (χ4n) is 2.99. The summed E-state index contributed by atoms with van der Waals surface area (Å²) in [5.74, 6) is -1.31. The van der Waals surface area contributed by atoms with Crippen LogP contribution < -0.4 is 10.6 Å². The van der Waals surface area contributed by atoms with Crippen molar-refractivity contribution in [1.29, 1.82) is 0 Å². The van der Waals surface area contributed by atoms with Crippen molar-refractivity contribution in [3.63, 3.8) is 0 Å². The second-order valence-electron chi connectivity index (χ2n) is 7.71. The molecule has 1 aromatic carbocycles. The summed E-state index contributed by atoms with van der Waals surface area (Å²) in [5.41, 5.74) is -0.418. The summed E-state index contributed by atoms with van der Waals surface area (Å²) in [6.45, 7) is 5.32. The first-order chi connectivity index (χ1) is 13.0. The van der Waals surface area contributed by atoms with Gasteiger partial charge in [-0.25, -0.2) is 9.59 Å². The highest BCUT2D eigenvalue weighted by atomic mass is 127. The number of alkyl halides is 1. The number of carbonyl (C=O) groups excluding carboxylic acids is 2. The van der Waals surface area contributed by atoms with Crippen molar-refractivity contribution in [3.8, 4) is 0 Å². The minimum absolute atomic E-state index is 0.0598. The molecule has 2 rings (SSSR count). The number of carbonyl (C=O) groups is 3. The molecule has 2 unspecified atom stereocenters. The summed E-state index contributed by atoms with van der Waals surface area (Å²) < 4.78 is 5.29. The largest absolute Gasteiger partial charge is 0.478 e. The van der Waals surface area contributed by atoms with Gasteiger partial charge in [-0.3, -0.25) is 4.79 Å². The summed E-state index contributed by atoms with van der Waals surface area (Å²) in [6, 6.07) is 6.80. The van der Waals surface area contributed by atoms with Gasteiger partial charge in [0.15, 0.2) is 0 Å². The predicted octanol–water partition coefficient (Wildman–Crippen LogP) is 3.97. The number of hydrogen-bond donors (Lipinski definition) is 3. The quantitative estimate of drug-likeness (QED) is 0.323. The molecule has 1 aliphatic rings. The van der Waals surface area contributed by atoms with Crippen molar-refractivity contribution in [2.24, 2.45) is 0 Å². The second kappa shape index (κ2) is 8.93. The lowest BCUT2D eigenvalue weighted by atomic mass is 9.96. The van der Waals surface area contributed by atoms with E-state index in [9.17, 15) is 14.4 Å². The topological polar surface area (TPSA) is 105 Å². The zero-order chi connectivity index (χ0) is 20.9. The van der Waals surface area contributed by atoms with Gasteiger partial charge in [-0.05, 0) is 63.8 Å². The third kappa shape index (κ3) is 5.95. The normalized spacial score (nSPS) is 22.1. The number of carboxylic acids is 1. The lowest BCUT2D eigenvalue weighted by Crippen LogP contribution is -2.60. The summed E-state index contributed by atoms with van der Waals surface area (Å²) in [6.07, 6.45) is 4.09. The molecule has 1 aromatic rings. The minimum atomic E-state index is -1.04. The molecule has 2 atom stereocenters. The number of hydrogen-bond acceptors (Lipinski definition) is 4. The number of benzene rings is 1. The molecule has 0 heterocycles. The Labute approximate surface area is 178 Å². The molecule has 1 aliphatic carbocycles. The fraction of sp³-hybridized carbons (Fsp3) is 0.450. The number of alkyl carbamates (subject to hydrolysis) is 1. The highest BCUT2D eigenvalue weighted by Crippen LogP contribution is 2.37. The summed E-state index contributed by atoms with van der Waals surface area (Å²) in [4.78, 5) is 36.0. The van der Waals surface area contributed by atoms with Crippen LogP contribution in [-0.4, -0.2) is 38.1 Å². The van der Waals surface area contributed by atoms with Crippen molar-refractivity contribution in [2.45, 2.75) is 55.1 Å². The van der Waals surface area contributed by atoms with Crippen LogP contribution in [0.3, 0.4) is 0 Å². The number of ether oxygens (including phenoxy) is 1.